The summed E-state index contributed by atoms with van der Waals surface area (Å²) < 4.78 is 0. The van der Waals surface area contributed by atoms with Gasteiger partial charge in [0.25, 0.3) is 0 Å². The van der Waals surface area contributed by atoms with Crippen LogP contribution in [0.5, 0.6) is 0 Å². The van der Waals surface area contributed by atoms with E-state index >= 15 is 0 Å². The molecule has 1 aliphatic heterocycles. The van der Waals surface area contributed by atoms with Gasteiger partial charge in [-0.05, 0) is 43.0 Å². The molecule has 1 heterocycles. The third kappa shape index (κ3) is 4.67. The molecule has 1 saturated heterocycles. The van der Waals surface area contributed by atoms with Gasteiger partial charge in [-0.2, -0.15) is 0 Å². The summed E-state index contributed by atoms with van der Waals surface area (Å²) >= 11 is 0. The monoisotopic (exact) mass is 271 g/mol. The lowest BCUT2D eigenvalue weighted by Gasteiger charge is -2.32. The van der Waals surface area contributed by atoms with Crippen LogP contribution in [0.1, 0.15) is 43.7 Å². The van der Waals surface area contributed by atoms with Crippen LogP contribution in [0.3, 0.4) is 0 Å². The van der Waals surface area contributed by atoms with Gasteiger partial charge in [0.15, 0.2) is 0 Å². The Hall–Kier alpha value is -1.30. The van der Waals surface area contributed by atoms with Gasteiger partial charge in [-0.1, -0.05) is 37.3 Å². The Bertz CT molecular complexity index is 455. The highest BCUT2D eigenvalue weighted by Crippen LogP contribution is 2.20. The van der Waals surface area contributed by atoms with Gasteiger partial charge in [-0.3, -0.25) is 4.90 Å². The summed E-state index contributed by atoms with van der Waals surface area (Å²) in [6, 6.07) is 8.53. The molecule has 0 amide bonds. The number of rotatable bonds is 4. The van der Waals surface area contributed by atoms with Crippen molar-refractivity contribution in [2.45, 2.75) is 39.2 Å². The first-order valence-electron chi connectivity index (χ1n) is 7.73. The molecule has 1 atom stereocenters. The van der Waals surface area contributed by atoms with Gasteiger partial charge >= 0.3 is 0 Å². The van der Waals surface area contributed by atoms with Crippen molar-refractivity contribution in [2.24, 2.45) is 5.92 Å². The Morgan fingerprint density at radius 2 is 2.10 bits per heavy atom. The summed E-state index contributed by atoms with van der Waals surface area (Å²) in [5.74, 6) is 6.91. The van der Waals surface area contributed by atoms with Gasteiger partial charge in [0, 0.05) is 25.1 Å². The minimum atomic E-state index is 0.138. The molecule has 0 bridgehead atoms. The Morgan fingerprint density at radius 1 is 1.30 bits per heavy atom. The molecule has 1 fully saturated rings. The predicted octanol–water partition coefficient (Wildman–Crippen LogP) is 3.04. The van der Waals surface area contributed by atoms with Crippen LogP contribution in [0.4, 0.5) is 0 Å². The fourth-order valence-corrected chi connectivity index (χ4v) is 2.80. The third-order valence-corrected chi connectivity index (χ3v) is 4.01. The van der Waals surface area contributed by atoms with E-state index in [2.05, 4.69) is 47.9 Å². The third-order valence-electron chi connectivity index (χ3n) is 4.01. The van der Waals surface area contributed by atoms with Gasteiger partial charge in [0.2, 0.25) is 0 Å². The number of nitrogens with zero attached hydrogens (tertiary/aromatic N) is 1. The lowest BCUT2D eigenvalue weighted by atomic mass is 9.95. The fraction of sp³-hybridized carbons (Fsp3) is 0.556. The van der Waals surface area contributed by atoms with Crippen LogP contribution in [0.15, 0.2) is 24.3 Å². The minimum Gasteiger partial charge on any atom is -0.395 e. The molecule has 2 rings (SSSR count). The Morgan fingerprint density at radius 3 is 2.80 bits per heavy atom. The highest BCUT2D eigenvalue weighted by molar-refractivity contribution is 5.36. The highest BCUT2D eigenvalue weighted by Gasteiger charge is 2.18. The number of likely N-dealkylation sites (tertiary alicyclic amines) is 1. The second-order valence-corrected chi connectivity index (χ2v) is 5.62. The van der Waals surface area contributed by atoms with Crippen molar-refractivity contribution in [3.63, 3.8) is 0 Å². The van der Waals surface area contributed by atoms with Crippen molar-refractivity contribution >= 4 is 0 Å². The molecule has 2 nitrogen and oxygen atoms in total. The van der Waals surface area contributed by atoms with Crippen LogP contribution in [0, 0.1) is 17.8 Å². The average Bonchev–Trinajstić information content (AvgIpc) is 2.49. The van der Waals surface area contributed by atoms with E-state index in [0.717, 1.165) is 18.0 Å². The molecule has 1 N–H and O–H groups in total. The van der Waals surface area contributed by atoms with Crippen molar-refractivity contribution in [1.29, 1.82) is 0 Å². The zero-order valence-electron chi connectivity index (χ0n) is 12.4. The zero-order chi connectivity index (χ0) is 14.2. The van der Waals surface area contributed by atoms with E-state index in [-0.39, 0.29) is 6.61 Å². The maximum Gasteiger partial charge on any atom is 0.0540 e. The number of aliphatic hydroxyl groups is 1. The number of hydrogen-bond donors (Lipinski definition) is 1. The number of piperidine rings is 1. The van der Waals surface area contributed by atoms with Gasteiger partial charge in [-0.15, -0.1) is 0 Å². The normalized spacial score (nSPS) is 19.4. The molecular weight excluding hydrogens is 246 g/mol. The van der Waals surface area contributed by atoms with E-state index in [0.29, 0.717) is 6.42 Å². The summed E-state index contributed by atoms with van der Waals surface area (Å²) in [7, 11) is 0. The summed E-state index contributed by atoms with van der Waals surface area (Å²) in [6.45, 7) is 5.97. The standard InChI is InChI=1S/C18H25NO/c1-2-16-7-5-12-19(14-16)15-18-10-8-17(9-11-18)6-3-4-13-20/h8-11,16,20H,2,4-5,7,12-15H2,1H3. The molecule has 0 radical (unpaired) electrons. The lowest BCUT2D eigenvalue weighted by molar-refractivity contribution is 0.165. The average molecular weight is 271 g/mol. The van der Waals surface area contributed by atoms with Crippen LogP contribution < -0.4 is 0 Å². The lowest BCUT2D eigenvalue weighted by Crippen LogP contribution is -2.34. The zero-order valence-corrected chi connectivity index (χ0v) is 12.4. The maximum absolute atomic E-state index is 8.70. The summed E-state index contributed by atoms with van der Waals surface area (Å²) in [6.07, 6.45) is 4.58. The first-order valence-corrected chi connectivity index (χ1v) is 7.73. The Labute approximate surface area is 122 Å². The number of hydrogen-bond acceptors (Lipinski definition) is 2. The SMILES string of the molecule is CCC1CCCN(Cc2ccc(C#CCCO)cc2)C1. The van der Waals surface area contributed by atoms with Gasteiger partial charge in [-0.25, -0.2) is 0 Å². The first-order chi connectivity index (χ1) is 9.81. The van der Waals surface area contributed by atoms with Gasteiger partial charge in [0.05, 0.1) is 6.61 Å². The number of aliphatic hydroxyl groups excluding tert-OH is 1. The predicted molar refractivity (Wildman–Crippen MR) is 83.3 cm³/mol. The van der Waals surface area contributed by atoms with E-state index < -0.39 is 0 Å². The van der Waals surface area contributed by atoms with Crippen LogP contribution in [-0.4, -0.2) is 29.7 Å². The van der Waals surface area contributed by atoms with Gasteiger partial charge in [0.1, 0.15) is 0 Å². The highest BCUT2D eigenvalue weighted by atomic mass is 16.2. The molecule has 0 aromatic heterocycles. The maximum atomic E-state index is 8.70. The van der Waals surface area contributed by atoms with Gasteiger partial charge < -0.3 is 5.11 Å². The second-order valence-electron chi connectivity index (χ2n) is 5.62. The molecule has 0 saturated carbocycles. The van der Waals surface area contributed by atoms with Crippen molar-refractivity contribution in [1.82, 2.24) is 4.90 Å². The van der Waals surface area contributed by atoms with Crippen molar-refractivity contribution in [2.75, 3.05) is 19.7 Å². The molecule has 0 spiro atoms. The van der Waals surface area contributed by atoms with E-state index in [1.165, 1.54) is 37.9 Å². The number of benzene rings is 1. The van der Waals surface area contributed by atoms with E-state index in [1.807, 2.05) is 0 Å². The molecule has 1 aliphatic rings. The van der Waals surface area contributed by atoms with Crippen LogP contribution in [-0.2, 0) is 6.54 Å². The summed E-state index contributed by atoms with van der Waals surface area (Å²) in [5, 5.41) is 8.70. The molecule has 108 valence electrons. The molecule has 1 aromatic carbocycles. The molecule has 20 heavy (non-hydrogen) atoms. The summed E-state index contributed by atoms with van der Waals surface area (Å²) in [5.41, 5.74) is 2.40. The van der Waals surface area contributed by atoms with E-state index in [9.17, 15) is 0 Å². The van der Waals surface area contributed by atoms with Crippen molar-refractivity contribution in [3.8, 4) is 11.8 Å². The second kappa shape index (κ2) is 8.09. The smallest absolute Gasteiger partial charge is 0.0540 e. The van der Waals surface area contributed by atoms with Crippen LogP contribution in [0.25, 0.3) is 0 Å². The topological polar surface area (TPSA) is 23.5 Å². The van der Waals surface area contributed by atoms with Crippen molar-refractivity contribution < 1.29 is 5.11 Å². The summed E-state index contributed by atoms with van der Waals surface area (Å²) in [4.78, 5) is 2.57. The molecule has 0 aliphatic carbocycles. The van der Waals surface area contributed by atoms with Crippen LogP contribution in [0.2, 0.25) is 0 Å². The van der Waals surface area contributed by atoms with E-state index in [4.69, 9.17) is 5.11 Å². The molecular formula is C18H25NO. The van der Waals surface area contributed by atoms with Crippen molar-refractivity contribution in [3.05, 3.63) is 35.4 Å². The van der Waals surface area contributed by atoms with Crippen LogP contribution >= 0.6 is 0 Å². The molecule has 1 aromatic rings. The minimum absolute atomic E-state index is 0.138. The fourth-order valence-electron chi connectivity index (χ4n) is 2.80. The Balaban J connectivity index is 1.89. The first kappa shape index (κ1) is 15.1. The van der Waals surface area contributed by atoms with E-state index in [1.54, 1.807) is 0 Å². The molecule has 2 heteroatoms. The quantitative estimate of drug-likeness (QED) is 0.851. The largest absolute Gasteiger partial charge is 0.395 e. The Kier molecular flexibility index (Phi) is 6.11. The molecule has 1 unspecified atom stereocenters.